The van der Waals surface area contributed by atoms with Crippen LogP contribution in [0.25, 0.3) is 0 Å². The summed E-state index contributed by atoms with van der Waals surface area (Å²) in [4.78, 5) is 88.8. The number of aliphatic carboxylic acids is 1. The van der Waals surface area contributed by atoms with Crippen molar-refractivity contribution >= 4 is 41.6 Å². The molecule has 90 heavy (non-hydrogen) atoms. The Morgan fingerprint density at radius 3 is 1.59 bits per heavy atom. The van der Waals surface area contributed by atoms with Crippen molar-refractivity contribution in [3.05, 3.63) is 114 Å². The molecule has 4 aliphatic heterocycles. The molecule has 500 valence electrons. The summed E-state index contributed by atoms with van der Waals surface area (Å²) in [6.07, 6.45) is 16.3. The van der Waals surface area contributed by atoms with Crippen molar-refractivity contribution in [1.29, 1.82) is 0 Å². The van der Waals surface area contributed by atoms with Gasteiger partial charge in [0, 0.05) is 37.7 Å². The first kappa shape index (κ1) is 77.0. The molecule has 0 saturated carbocycles. The maximum absolute atomic E-state index is 13.4. The van der Waals surface area contributed by atoms with Gasteiger partial charge >= 0.3 is 23.9 Å². The van der Waals surface area contributed by atoms with Gasteiger partial charge in [0.1, 0.15) is 35.4 Å². The number of rotatable bonds is 23. The third-order valence-corrected chi connectivity index (χ3v) is 15.8. The van der Waals surface area contributed by atoms with E-state index in [1.165, 1.54) is 21.3 Å². The molecule has 3 aromatic carbocycles. The zero-order chi connectivity index (χ0) is 66.9. The average molecular weight is 1250 g/mol. The molecule has 0 radical (unpaired) electrons. The first-order valence-corrected chi connectivity index (χ1v) is 32.3. The summed E-state index contributed by atoms with van der Waals surface area (Å²) in [6.45, 7) is 21.9. The fourth-order valence-corrected chi connectivity index (χ4v) is 11.1. The summed E-state index contributed by atoms with van der Waals surface area (Å²) in [5.41, 5.74) is 2.61. The van der Waals surface area contributed by atoms with Crippen molar-refractivity contribution < 1.29 is 72.6 Å². The number of hydrogen-bond acceptors (Lipinski definition) is 14. The third-order valence-electron chi connectivity index (χ3n) is 15.8. The minimum Gasteiger partial charge on any atom is -0.508 e. The van der Waals surface area contributed by atoms with Crippen molar-refractivity contribution in [3.8, 4) is 17.2 Å². The number of aliphatic hydroxyl groups excluding tert-OH is 1. The van der Waals surface area contributed by atoms with Crippen LogP contribution in [-0.4, -0.2) is 116 Å². The van der Waals surface area contributed by atoms with Crippen LogP contribution in [0.15, 0.2) is 97.1 Å². The van der Waals surface area contributed by atoms with Crippen molar-refractivity contribution in [2.75, 3.05) is 41.2 Å². The number of nitrogens with one attached hydrogen (secondary N) is 3. The van der Waals surface area contributed by atoms with Gasteiger partial charge in [-0.05, 0) is 152 Å². The van der Waals surface area contributed by atoms with E-state index in [9.17, 15) is 48.9 Å². The Balaban J connectivity index is 0.000000353. The maximum atomic E-state index is 13.4. The molecule has 4 bridgehead atoms. The van der Waals surface area contributed by atoms with Crippen LogP contribution >= 0.6 is 0 Å². The molecule has 4 aliphatic rings. The SMILES string of the molecule is COC(=O)[C@@H]1Cc2ccc(cc2)OCCC[C@H](/C=C/C(C)C)[C@@H](CC(C)C)C(=O)N1.COC(=O)[C@@H]1Cc2ccc(cc2)OCCC[C@H](C(=O)O)[C@@H](CC(C)C)C(=O)N1.COC(=O)[C@H](Cc1ccc(O)cc1)NC(=O)[C@H](CC(C)C)[C@@H](/C=C/C(C)C)CCCCO. The summed E-state index contributed by atoms with van der Waals surface area (Å²) < 4.78 is 26.3. The highest BCUT2D eigenvalue weighted by Gasteiger charge is 2.37. The number of allylic oxidation sites excluding steroid dienone is 4. The average Bonchev–Trinajstić information content (AvgIpc) is 1.62. The number of methoxy groups -OCH3 is 3. The number of carboxylic acid groups (broad SMARTS) is 1. The number of carbonyl (C=O) groups is 7. The number of carboxylic acids is 1. The number of ether oxygens (including phenoxy) is 5. The first-order chi connectivity index (χ1) is 42.8. The predicted molar refractivity (Wildman–Crippen MR) is 349 cm³/mol. The van der Waals surface area contributed by atoms with E-state index in [1.54, 1.807) is 36.4 Å². The number of unbranched alkanes of at least 4 members (excludes halogenated alkanes) is 1. The van der Waals surface area contributed by atoms with Crippen LogP contribution in [0.1, 0.15) is 150 Å². The smallest absolute Gasteiger partial charge is 0.328 e. The number of phenolic OH excluding ortho intramolecular Hbond substituents is 1. The molecule has 0 spiro atoms. The summed E-state index contributed by atoms with van der Waals surface area (Å²) in [5, 5.41) is 37.1. The number of aromatic hydroxyl groups is 1. The molecule has 7 rings (SSSR count). The molecule has 3 aromatic rings. The number of aliphatic hydroxyl groups is 1. The van der Waals surface area contributed by atoms with Gasteiger partial charge in [-0.3, -0.25) is 19.2 Å². The van der Waals surface area contributed by atoms with Gasteiger partial charge < -0.3 is 55.0 Å². The third kappa shape index (κ3) is 28.7. The molecule has 18 heteroatoms. The number of fused-ring (bicyclic) bond motifs is 22. The molecule has 3 amide bonds. The molecule has 0 aliphatic carbocycles. The van der Waals surface area contributed by atoms with Crippen LogP contribution in [0, 0.1) is 65.1 Å². The van der Waals surface area contributed by atoms with Crippen molar-refractivity contribution in [3.63, 3.8) is 0 Å². The van der Waals surface area contributed by atoms with Crippen LogP contribution in [0.5, 0.6) is 17.2 Å². The minimum atomic E-state index is -1.01. The Morgan fingerprint density at radius 2 is 1.13 bits per heavy atom. The fourth-order valence-electron chi connectivity index (χ4n) is 11.1. The number of hydrogen-bond donors (Lipinski definition) is 6. The number of benzene rings is 3. The molecule has 18 nitrogen and oxygen atoms in total. The Kier molecular flexibility index (Phi) is 35.3. The molecule has 0 saturated heterocycles. The van der Waals surface area contributed by atoms with Crippen LogP contribution < -0.4 is 25.4 Å². The molecular weight excluding hydrogens is 1150 g/mol. The summed E-state index contributed by atoms with van der Waals surface area (Å²) in [7, 11) is 3.94. The topological polar surface area (TPSA) is 262 Å². The molecule has 4 heterocycles. The highest BCUT2D eigenvalue weighted by Crippen LogP contribution is 2.31. The normalized spacial score (nSPS) is 20.2. The zero-order valence-electron chi connectivity index (χ0n) is 55.9. The summed E-state index contributed by atoms with van der Waals surface area (Å²) in [6, 6.07) is 19.2. The van der Waals surface area contributed by atoms with E-state index in [4.69, 9.17) is 23.7 Å². The van der Waals surface area contributed by atoms with Gasteiger partial charge in [-0.15, -0.1) is 0 Å². The van der Waals surface area contributed by atoms with Crippen molar-refractivity contribution in [2.45, 2.75) is 171 Å². The monoisotopic (exact) mass is 1250 g/mol. The predicted octanol–water partition coefficient (Wildman–Crippen LogP) is 11.2. The van der Waals surface area contributed by atoms with Crippen molar-refractivity contribution in [2.24, 2.45) is 65.1 Å². The molecular formula is C72H107N3O15. The zero-order valence-corrected chi connectivity index (χ0v) is 55.9. The van der Waals surface area contributed by atoms with Gasteiger partial charge in [-0.25, -0.2) is 14.4 Å². The second kappa shape index (κ2) is 41.2. The van der Waals surface area contributed by atoms with Crippen LogP contribution in [0.4, 0.5) is 0 Å². The molecule has 0 fully saturated rings. The largest absolute Gasteiger partial charge is 0.508 e. The van der Waals surface area contributed by atoms with Gasteiger partial charge in [-0.1, -0.05) is 136 Å². The molecule has 6 N–H and O–H groups in total. The number of phenols is 1. The Labute approximate surface area is 536 Å². The van der Waals surface area contributed by atoms with Gasteiger partial charge in [0.25, 0.3) is 0 Å². The second-order valence-electron chi connectivity index (χ2n) is 25.8. The van der Waals surface area contributed by atoms with Gasteiger partial charge in [-0.2, -0.15) is 0 Å². The molecule has 9 atom stereocenters. The standard InChI is InChI=1S/C26H41NO5.C25H37NO4.C21H29NO6/c1-18(2)9-12-21(8-6-7-15-28)23(16-19(3)4)25(30)27-24(26(31)32-5)17-20-10-13-22(29)14-11-20;1-17(2)8-11-20-7-6-14-30-21-12-9-19(10-13-21)16-23(25(28)29-5)26-24(27)22(20)15-18(3)4;1-13(2)11-17-16(20(24)25)5-4-10-28-15-8-6-14(7-9-15)12-18(21(26)27-3)22-19(17)23/h9-14,18-19,21,23-24,28-29H,6-8,15-17H2,1-5H3,(H,27,30);8-13,17-18,20,22-23H,6-7,14-16H2,1-5H3,(H,26,27);6-9,13,16-18H,4-5,10-12H2,1-3H3,(H,22,23)(H,24,25)/b12-9+;11-8+;/t21-,23-,24+;20-,22-,23+;16-,17+,18-/m110/s1. The highest BCUT2D eigenvalue weighted by atomic mass is 16.5. The number of carbonyl (C=O) groups excluding carboxylic acids is 6. The van der Waals surface area contributed by atoms with Gasteiger partial charge in [0.15, 0.2) is 0 Å². The summed E-state index contributed by atoms with van der Waals surface area (Å²) >= 11 is 0. The highest BCUT2D eigenvalue weighted by molar-refractivity contribution is 5.89. The molecule has 0 unspecified atom stereocenters. The lowest BCUT2D eigenvalue weighted by Crippen LogP contribution is -2.48. The molecule has 0 aromatic heterocycles. The van der Waals surface area contributed by atoms with E-state index >= 15 is 0 Å². The minimum absolute atomic E-state index is 0.0262. The lowest BCUT2D eigenvalue weighted by atomic mass is 9.81. The van der Waals surface area contributed by atoms with Crippen LogP contribution in [0.2, 0.25) is 0 Å². The van der Waals surface area contributed by atoms with E-state index in [2.05, 4.69) is 95.6 Å². The lowest BCUT2D eigenvalue weighted by molar-refractivity contribution is -0.150. The number of esters is 3. The van der Waals surface area contributed by atoms with Crippen LogP contribution in [-0.2, 0) is 67.0 Å². The Morgan fingerprint density at radius 1 is 0.633 bits per heavy atom. The van der Waals surface area contributed by atoms with E-state index in [-0.39, 0.29) is 66.6 Å². The maximum Gasteiger partial charge on any atom is 0.328 e. The summed E-state index contributed by atoms with van der Waals surface area (Å²) in [5.74, 6) is -1.81. The van der Waals surface area contributed by atoms with Gasteiger partial charge in [0.2, 0.25) is 17.7 Å². The first-order valence-electron chi connectivity index (χ1n) is 32.3. The van der Waals surface area contributed by atoms with Crippen molar-refractivity contribution in [1.82, 2.24) is 16.0 Å². The lowest BCUT2D eigenvalue weighted by Gasteiger charge is -2.28. The number of amides is 3. The van der Waals surface area contributed by atoms with Gasteiger partial charge in [0.05, 0.1) is 46.4 Å². The Bertz CT molecular complexity index is 2690. The van der Waals surface area contributed by atoms with E-state index < -0.39 is 59.7 Å². The van der Waals surface area contributed by atoms with Crippen LogP contribution in [0.3, 0.4) is 0 Å². The Hall–Kier alpha value is -7.21. The van der Waals surface area contributed by atoms with E-state index in [1.807, 2.05) is 50.2 Å². The second-order valence-corrected chi connectivity index (χ2v) is 25.8. The quantitative estimate of drug-likeness (QED) is 0.0223. The fraction of sp³-hybridized carbons (Fsp3) is 0.597. The van der Waals surface area contributed by atoms with E-state index in [0.29, 0.717) is 81.2 Å². The van der Waals surface area contributed by atoms with E-state index in [0.717, 1.165) is 54.5 Å².